The Hall–Kier alpha value is -1.74. The molecule has 0 aliphatic rings. The van der Waals surface area contributed by atoms with Gasteiger partial charge in [0.1, 0.15) is 17.3 Å². The highest BCUT2D eigenvalue weighted by Gasteiger charge is 2.06. The van der Waals surface area contributed by atoms with Gasteiger partial charge in [-0.15, -0.1) is 0 Å². The fraction of sp³-hybridized carbons (Fsp3) is 0.333. The average molecular weight is 245 g/mol. The highest BCUT2D eigenvalue weighted by atomic mass is 16.5. The fourth-order valence-electron chi connectivity index (χ4n) is 1.84. The first-order valence-electron chi connectivity index (χ1n) is 6.11. The summed E-state index contributed by atoms with van der Waals surface area (Å²) in [6.07, 6.45) is 0. The molecule has 1 N–H and O–H groups in total. The lowest BCUT2D eigenvalue weighted by Crippen LogP contribution is -2.17. The molecular weight excluding hydrogens is 226 g/mol. The quantitative estimate of drug-likeness (QED) is 0.876. The largest absolute Gasteiger partial charge is 0.497 e. The van der Waals surface area contributed by atoms with Crippen LogP contribution in [0.25, 0.3) is 0 Å². The van der Waals surface area contributed by atoms with Crippen molar-refractivity contribution in [2.24, 2.45) is 0 Å². The Morgan fingerprint density at radius 1 is 1.17 bits per heavy atom. The summed E-state index contributed by atoms with van der Waals surface area (Å²) in [5.74, 6) is 2.80. The van der Waals surface area contributed by atoms with Gasteiger partial charge in [-0.3, -0.25) is 0 Å². The number of rotatable bonds is 5. The van der Waals surface area contributed by atoms with Crippen LogP contribution >= 0.6 is 0 Å². The summed E-state index contributed by atoms with van der Waals surface area (Å²) >= 11 is 0. The molecule has 0 aliphatic carbocycles. The number of methoxy groups -OCH3 is 1. The standard InChI is InChI=1S/C15H19NO2/c1-11-4-7-15(18-11)10-16-12(2)13-5-8-14(17-3)9-6-13/h4-9,12,16H,10H2,1-3H3/t12-/m0/s1. The molecular formula is C15H19NO2. The number of ether oxygens (including phenoxy) is 1. The Morgan fingerprint density at radius 3 is 2.44 bits per heavy atom. The molecule has 0 spiro atoms. The summed E-state index contributed by atoms with van der Waals surface area (Å²) in [5.41, 5.74) is 1.24. The molecule has 18 heavy (non-hydrogen) atoms. The number of hydrogen-bond acceptors (Lipinski definition) is 3. The fourth-order valence-corrected chi connectivity index (χ4v) is 1.84. The van der Waals surface area contributed by atoms with Crippen molar-refractivity contribution in [1.29, 1.82) is 0 Å². The molecule has 0 amide bonds. The zero-order valence-electron chi connectivity index (χ0n) is 11.1. The van der Waals surface area contributed by atoms with Crippen molar-refractivity contribution < 1.29 is 9.15 Å². The Balaban J connectivity index is 1.92. The van der Waals surface area contributed by atoms with Crippen molar-refractivity contribution in [3.8, 4) is 5.75 Å². The molecule has 3 nitrogen and oxygen atoms in total. The van der Waals surface area contributed by atoms with Crippen LogP contribution in [0.4, 0.5) is 0 Å². The van der Waals surface area contributed by atoms with Gasteiger partial charge in [-0.1, -0.05) is 12.1 Å². The van der Waals surface area contributed by atoms with E-state index in [-0.39, 0.29) is 6.04 Å². The van der Waals surface area contributed by atoms with Crippen molar-refractivity contribution in [3.05, 3.63) is 53.5 Å². The van der Waals surface area contributed by atoms with Crippen molar-refractivity contribution >= 4 is 0 Å². The second-order valence-corrected chi connectivity index (χ2v) is 4.39. The molecule has 0 aliphatic heterocycles. The van der Waals surface area contributed by atoms with E-state index in [1.165, 1.54) is 5.56 Å². The van der Waals surface area contributed by atoms with Crippen molar-refractivity contribution in [2.75, 3.05) is 7.11 Å². The maximum Gasteiger partial charge on any atom is 0.118 e. The zero-order chi connectivity index (χ0) is 13.0. The number of furan rings is 1. The summed E-state index contributed by atoms with van der Waals surface area (Å²) in [7, 11) is 1.68. The third-order valence-corrected chi connectivity index (χ3v) is 2.99. The van der Waals surface area contributed by atoms with Gasteiger partial charge in [0.15, 0.2) is 0 Å². The third kappa shape index (κ3) is 3.14. The zero-order valence-corrected chi connectivity index (χ0v) is 11.1. The first-order valence-corrected chi connectivity index (χ1v) is 6.11. The minimum absolute atomic E-state index is 0.279. The summed E-state index contributed by atoms with van der Waals surface area (Å²) in [6.45, 7) is 4.83. The maximum atomic E-state index is 5.52. The lowest BCUT2D eigenvalue weighted by molar-refractivity contribution is 0.414. The lowest BCUT2D eigenvalue weighted by Gasteiger charge is -2.13. The second kappa shape index (κ2) is 5.74. The van der Waals surface area contributed by atoms with E-state index in [2.05, 4.69) is 24.4 Å². The van der Waals surface area contributed by atoms with E-state index in [1.807, 2.05) is 31.2 Å². The first kappa shape index (κ1) is 12.7. The Labute approximate surface area is 108 Å². The van der Waals surface area contributed by atoms with Gasteiger partial charge in [-0.2, -0.15) is 0 Å². The lowest BCUT2D eigenvalue weighted by atomic mass is 10.1. The molecule has 2 aromatic rings. The van der Waals surface area contributed by atoms with Crippen molar-refractivity contribution in [1.82, 2.24) is 5.32 Å². The van der Waals surface area contributed by atoms with Gasteiger partial charge in [0.2, 0.25) is 0 Å². The minimum atomic E-state index is 0.279. The normalized spacial score (nSPS) is 12.4. The van der Waals surface area contributed by atoms with Gasteiger partial charge in [-0.25, -0.2) is 0 Å². The number of benzene rings is 1. The van der Waals surface area contributed by atoms with Gasteiger partial charge in [-0.05, 0) is 43.7 Å². The highest BCUT2D eigenvalue weighted by Crippen LogP contribution is 2.18. The van der Waals surface area contributed by atoms with Crippen molar-refractivity contribution in [2.45, 2.75) is 26.4 Å². The van der Waals surface area contributed by atoms with Gasteiger partial charge < -0.3 is 14.5 Å². The summed E-state index contributed by atoms with van der Waals surface area (Å²) in [5, 5.41) is 3.43. The van der Waals surface area contributed by atoms with E-state index in [4.69, 9.17) is 9.15 Å². The predicted molar refractivity (Wildman–Crippen MR) is 71.7 cm³/mol. The van der Waals surface area contributed by atoms with Crippen LogP contribution in [0, 0.1) is 6.92 Å². The highest BCUT2D eigenvalue weighted by molar-refractivity contribution is 5.28. The van der Waals surface area contributed by atoms with E-state index in [1.54, 1.807) is 7.11 Å². The molecule has 1 aromatic heterocycles. The van der Waals surface area contributed by atoms with Crippen LogP contribution in [-0.2, 0) is 6.54 Å². The van der Waals surface area contributed by atoms with Gasteiger partial charge in [0, 0.05) is 6.04 Å². The Kier molecular flexibility index (Phi) is 4.05. The molecule has 1 aromatic carbocycles. The number of nitrogens with one attached hydrogen (secondary N) is 1. The van der Waals surface area contributed by atoms with E-state index in [0.29, 0.717) is 0 Å². The monoisotopic (exact) mass is 245 g/mol. The SMILES string of the molecule is COc1ccc([C@H](C)NCc2ccc(C)o2)cc1. The molecule has 0 radical (unpaired) electrons. The molecule has 3 heteroatoms. The van der Waals surface area contributed by atoms with E-state index in [0.717, 1.165) is 23.8 Å². The van der Waals surface area contributed by atoms with Crippen LogP contribution in [0.5, 0.6) is 5.75 Å². The average Bonchev–Trinajstić information content (AvgIpc) is 2.82. The second-order valence-electron chi connectivity index (χ2n) is 4.39. The molecule has 0 bridgehead atoms. The smallest absolute Gasteiger partial charge is 0.118 e. The van der Waals surface area contributed by atoms with E-state index in [9.17, 15) is 0 Å². The van der Waals surface area contributed by atoms with Crippen molar-refractivity contribution in [3.63, 3.8) is 0 Å². The van der Waals surface area contributed by atoms with Gasteiger partial charge >= 0.3 is 0 Å². The minimum Gasteiger partial charge on any atom is -0.497 e. The maximum absolute atomic E-state index is 5.52. The van der Waals surface area contributed by atoms with Crippen LogP contribution in [-0.4, -0.2) is 7.11 Å². The molecule has 2 rings (SSSR count). The van der Waals surface area contributed by atoms with Crippen LogP contribution in [0.1, 0.15) is 30.0 Å². The summed E-state index contributed by atoms with van der Waals surface area (Å²) in [6, 6.07) is 12.4. The molecule has 0 unspecified atom stereocenters. The molecule has 0 saturated carbocycles. The number of hydrogen-bond donors (Lipinski definition) is 1. The predicted octanol–water partition coefficient (Wildman–Crippen LogP) is 3.45. The van der Waals surface area contributed by atoms with E-state index < -0.39 is 0 Å². The van der Waals surface area contributed by atoms with Crippen LogP contribution in [0.15, 0.2) is 40.8 Å². The third-order valence-electron chi connectivity index (χ3n) is 2.99. The molecule has 1 atom stereocenters. The topological polar surface area (TPSA) is 34.4 Å². The molecule has 0 fully saturated rings. The van der Waals surface area contributed by atoms with Crippen LogP contribution in [0.2, 0.25) is 0 Å². The van der Waals surface area contributed by atoms with Crippen LogP contribution in [0.3, 0.4) is 0 Å². The Morgan fingerprint density at radius 2 is 1.89 bits per heavy atom. The van der Waals surface area contributed by atoms with E-state index >= 15 is 0 Å². The summed E-state index contributed by atoms with van der Waals surface area (Å²) in [4.78, 5) is 0. The Bertz CT molecular complexity index is 487. The van der Waals surface area contributed by atoms with Crippen LogP contribution < -0.4 is 10.1 Å². The number of aryl methyl sites for hydroxylation is 1. The molecule has 0 saturated heterocycles. The molecule has 1 heterocycles. The first-order chi connectivity index (χ1) is 8.69. The molecule has 96 valence electrons. The van der Waals surface area contributed by atoms with Gasteiger partial charge in [0.25, 0.3) is 0 Å². The summed E-state index contributed by atoms with van der Waals surface area (Å²) < 4.78 is 10.7. The van der Waals surface area contributed by atoms with Gasteiger partial charge in [0.05, 0.1) is 13.7 Å².